The van der Waals surface area contributed by atoms with Crippen LogP contribution in [-0.2, 0) is 9.05 Å². The quantitative estimate of drug-likeness (QED) is 0.605. The first-order chi connectivity index (χ1) is 4.50. The Labute approximate surface area is 68.5 Å². The minimum atomic E-state index is -3.56. The minimum absolute atomic E-state index is 0.0965. The van der Waals surface area contributed by atoms with Gasteiger partial charge in [-0.15, -0.1) is 0 Å². The molecule has 0 saturated carbocycles. The second-order valence-electron chi connectivity index (χ2n) is 1.84. The fourth-order valence-electron chi connectivity index (χ4n) is 0.640. The Morgan fingerprint density at radius 1 is 1.50 bits per heavy atom. The number of halogens is 2. The van der Waals surface area contributed by atoms with Gasteiger partial charge in [-0.25, -0.2) is 8.42 Å². The smallest absolute Gasteiger partial charge is 0.207 e. The molecular weight excluding hydrogens is 195 g/mol. The SMILES string of the molecule is O=S(=O)(Cl)C1=CCC(Cl)=C1. The summed E-state index contributed by atoms with van der Waals surface area (Å²) in [6.45, 7) is 0. The van der Waals surface area contributed by atoms with Crippen molar-refractivity contribution in [2.45, 2.75) is 6.42 Å². The predicted molar refractivity (Wildman–Crippen MR) is 41.4 cm³/mol. The Morgan fingerprint density at radius 2 is 2.10 bits per heavy atom. The van der Waals surface area contributed by atoms with Crippen molar-refractivity contribution >= 4 is 31.3 Å². The summed E-state index contributed by atoms with van der Waals surface area (Å²) in [7, 11) is 1.44. The van der Waals surface area contributed by atoms with Crippen molar-refractivity contribution in [3.8, 4) is 0 Å². The molecule has 0 amide bonds. The van der Waals surface area contributed by atoms with Crippen LogP contribution in [0.4, 0.5) is 0 Å². The van der Waals surface area contributed by atoms with Crippen LogP contribution in [0.25, 0.3) is 0 Å². The predicted octanol–water partition coefficient (Wildman–Crippen LogP) is 1.97. The van der Waals surface area contributed by atoms with Gasteiger partial charge in [0.25, 0.3) is 9.05 Å². The summed E-state index contributed by atoms with van der Waals surface area (Å²) < 4.78 is 21.1. The Bertz CT molecular complexity index is 300. The molecule has 0 unspecified atom stereocenters. The molecule has 0 aliphatic heterocycles. The van der Waals surface area contributed by atoms with Crippen molar-refractivity contribution in [3.05, 3.63) is 22.1 Å². The lowest BCUT2D eigenvalue weighted by molar-refractivity contribution is 0.615. The molecule has 1 rings (SSSR count). The lowest BCUT2D eigenvalue weighted by Gasteiger charge is -1.87. The van der Waals surface area contributed by atoms with E-state index < -0.39 is 9.05 Å². The average molecular weight is 199 g/mol. The molecule has 0 atom stereocenters. The zero-order valence-electron chi connectivity index (χ0n) is 4.84. The summed E-state index contributed by atoms with van der Waals surface area (Å²) >= 11 is 5.50. The molecule has 5 heteroatoms. The molecule has 0 aromatic rings. The monoisotopic (exact) mass is 198 g/mol. The zero-order valence-corrected chi connectivity index (χ0v) is 7.17. The van der Waals surface area contributed by atoms with E-state index >= 15 is 0 Å². The van der Waals surface area contributed by atoms with Gasteiger partial charge in [-0.2, -0.15) is 0 Å². The van der Waals surface area contributed by atoms with Gasteiger partial charge in [0, 0.05) is 22.1 Å². The normalized spacial score (nSPS) is 18.6. The van der Waals surface area contributed by atoms with Gasteiger partial charge >= 0.3 is 0 Å². The van der Waals surface area contributed by atoms with Gasteiger partial charge in [0.05, 0.1) is 4.91 Å². The maximum absolute atomic E-state index is 10.6. The Hall–Kier alpha value is 0.01000. The molecule has 0 fully saturated rings. The molecule has 0 spiro atoms. The first-order valence-electron chi connectivity index (χ1n) is 2.51. The van der Waals surface area contributed by atoms with Crippen molar-refractivity contribution < 1.29 is 8.42 Å². The summed E-state index contributed by atoms with van der Waals surface area (Å²) in [5.74, 6) is 0. The molecule has 1 aliphatic carbocycles. The third-order valence-electron chi connectivity index (χ3n) is 1.08. The zero-order chi connectivity index (χ0) is 7.78. The van der Waals surface area contributed by atoms with Crippen molar-refractivity contribution in [1.29, 1.82) is 0 Å². The highest BCUT2D eigenvalue weighted by molar-refractivity contribution is 8.17. The topological polar surface area (TPSA) is 34.1 Å². The number of hydrogen-bond donors (Lipinski definition) is 0. The lowest BCUT2D eigenvalue weighted by atomic mass is 10.5. The van der Waals surface area contributed by atoms with Crippen molar-refractivity contribution in [2.75, 3.05) is 0 Å². The lowest BCUT2D eigenvalue weighted by Crippen LogP contribution is -1.88. The number of allylic oxidation sites excluding steroid dienone is 3. The fourth-order valence-corrected chi connectivity index (χ4v) is 1.79. The van der Waals surface area contributed by atoms with Crippen LogP contribution >= 0.6 is 22.3 Å². The van der Waals surface area contributed by atoms with E-state index in [-0.39, 0.29) is 4.91 Å². The minimum Gasteiger partial charge on any atom is -0.207 e. The van der Waals surface area contributed by atoms with Crippen LogP contribution in [0.1, 0.15) is 6.42 Å². The molecule has 56 valence electrons. The highest BCUT2D eigenvalue weighted by Gasteiger charge is 2.15. The van der Waals surface area contributed by atoms with Gasteiger partial charge < -0.3 is 0 Å². The van der Waals surface area contributed by atoms with E-state index in [9.17, 15) is 8.42 Å². The molecule has 1 aliphatic rings. The summed E-state index contributed by atoms with van der Waals surface area (Å²) in [5.41, 5.74) is 0. The number of hydrogen-bond acceptors (Lipinski definition) is 2. The van der Waals surface area contributed by atoms with Gasteiger partial charge in [0.1, 0.15) is 0 Å². The van der Waals surface area contributed by atoms with Crippen molar-refractivity contribution in [1.82, 2.24) is 0 Å². The van der Waals surface area contributed by atoms with E-state index in [4.69, 9.17) is 22.3 Å². The molecule has 2 nitrogen and oxygen atoms in total. The van der Waals surface area contributed by atoms with Gasteiger partial charge in [0.2, 0.25) is 0 Å². The highest BCUT2D eigenvalue weighted by atomic mass is 35.7. The van der Waals surface area contributed by atoms with E-state index in [1.165, 1.54) is 12.2 Å². The summed E-state index contributed by atoms with van der Waals surface area (Å²) in [5, 5.41) is 0.499. The van der Waals surface area contributed by atoms with Gasteiger partial charge in [0.15, 0.2) is 0 Å². The van der Waals surface area contributed by atoms with Crippen LogP contribution in [0.15, 0.2) is 22.1 Å². The Morgan fingerprint density at radius 3 is 2.30 bits per heavy atom. The van der Waals surface area contributed by atoms with Crippen LogP contribution in [0.5, 0.6) is 0 Å². The van der Waals surface area contributed by atoms with Crippen molar-refractivity contribution in [3.63, 3.8) is 0 Å². The van der Waals surface area contributed by atoms with Crippen LogP contribution < -0.4 is 0 Å². The average Bonchev–Trinajstić information content (AvgIpc) is 2.11. The van der Waals surface area contributed by atoms with E-state index in [1.807, 2.05) is 0 Å². The van der Waals surface area contributed by atoms with Crippen LogP contribution in [0.2, 0.25) is 0 Å². The van der Waals surface area contributed by atoms with E-state index in [0.717, 1.165) is 0 Å². The maximum atomic E-state index is 10.6. The summed E-state index contributed by atoms with van der Waals surface area (Å²) in [6, 6.07) is 0. The van der Waals surface area contributed by atoms with E-state index in [1.54, 1.807) is 0 Å². The molecule has 0 radical (unpaired) electrons. The van der Waals surface area contributed by atoms with Crippen LogP contribution in [-0.4, -0.2) is 8.42 Å². The molecule has 10 heavy (non-hydrogen) atoms. The molecule has 0 aromatic carbocycles. The van der Waals surface area contributed by atoms with Gasteiger partial charge in [-0.05, 0) is 6.08 Å². The van der Waals surface area contributed by atoms with Crippen molar-refractivity contribution in [2.24, 2.45) is 0 Å². The maximum Gasteiger partial charge on any atom is 0.261 e. The largest absolute Gasteiger partial charge is 0.261 e. The van der Waals surface area contributed by atoms with Crippen LogP contribution in [0, 0.1) is 0 Å². The van der Waals surface area contributed by atoms with Gasteiger partial charge in [-0.3, -0.25) is 0 Å². The Kier molecular flexibility index (Phi) is 2.08. The second kappa shape index (κ2) is 2.57. The van der Waals surface area contributed by atoms with E-state index in [2.05, 4.69) is 0 Å². The molecule has 0 heterocycles. The molecule has 0 aromatic heterocycles. The second-order valence-corrected chi connectivity index (χ2v) is 4.89. The fraction of sp³-hybridized carbons (Fsp3) is 0.200. The summed E-state index contributed by atoms with van der Waals surface area (Å²) in [6.07, 6.45) is 3.29. The Balaban J connectivity index is 3.00. The third kappa shape index (κ3) is 1.75. The number of rotatable bonds is 1. The molecule has 0 saturated heterocycles. The molecule has 0 N–H and O–H groups in total. The first-order valence-corrected chi connectivity index (χ1v) is 5.20. The summed E-state index contributed by atoms with van der Waals surface area (Å²) in [4.78, 5) is 0.0965. The first kappa shape index (κ1) is 8.11. The van der Waals surface area contributed by atoms with Gasteiger partial charge in [-0.1, -0.05) is 17.7 Å². The molecular formula is C5H4Cl2O2S. The van der Waals surface area contributed by atoms with Crippen LogP contribution in [0.3, 0.4) is 0 Å². The standard InChI is InChI=1S/C5H4Cl2O2S/c6-4-1-2-5(3-4)10(7,8)9/h2-3H,1H2. The molecule has 0 bridgehead atoms. The van der Waals surface area contributed by atoms with E-state index in [0.29, 0.717) is 11.5 Å². The third-order valence-corrected chi connectivity index (χ3v) is 2.72. The highest BCUT2D eigenvalue weighted by Crippen LogP contribution is 2.26.